The minimum Gasteiger partial charge on any atom is -0.369 e. The highest BCUT2D eigenvalue weighted by Crippen LogP contribution is 2.34. The van der Waals surface area contributed by atoms with Crippen molar-refractivity contribution in [3.63, 3.8) is 0 Å². The van der Waals surface area contributed by atoms with Crippen LogP contribution in [0.4, 0.5) is 28.4 Å². The van der Waals surface area contributed by atoms with Crippen LogP contribution in [0.15, 0.2) is 65.6 Å². The monoisotopic (exact) mass is 602 g/mol. The molecular formula is C30H30F4N4O3S. The molecule has 0 saturated carbocycles. The van der Waals surface area contributed by atoms with Gasteiger partial charge in [0.25, 0.3) is 5.91 Å². The quantitative estimate of drug-likeness (QED) is 0.158. The molecule has 1 aliphatic heterocycles. The van der Waals surface area contributed by atoms with Gasteiger partial charge in [0, 0.05) is 68.3 Å². The molecule has 3 aromatic carbocycles. The summed E-state index contributed by atoms with van der Waals surface area (Å²) in [5.74, 6) is 1.92. The van der Waals surface area contributed by atoms with E-state index in [0.29, 0.717) is 44.8 Å². The molecule has 1 heterocycles. The fourth-order valence-electron chi connectivity index (χ4n) is 4.70. The number of amides is 1. The summed E-state index contributed by atoms with van der Waals surface area (Å²) in [4.78, 5) is 16.5. The first-order chi connectivity index (χ1) is 19.8. The molecule has 1 aliphatic rings. The second kappa shape index (κ2) is 12.9. The number of nitrogens with one attached hydrogen (secondary N) is 2. The Morgan fingerprint density at radius 3 is 2.31 bits per heavy atom. The van der Waals surface area contributed by atoms with Gasteiger partial charge in [-0.1, -0.05) is 18.1 Å². The van der Waals surface area contributed by atoms with Gasteiger partial charge in [-0.15, -0.1) is 10.3 Å². The molecule has 2 N–H and O–H groups in total. The van der Waals surface area contributed by atoms with E-state index in [-0.39, 0.29) is 28.3 Å². The highest BCUT2D eigenvalue weighted by Gasteiger charge is 2.33. The van der Waals surface area contributed by atoms with Gasteiger partial charge >= 0.3 is 16.4 Å². The van der Waals surface area contributed by atoms with Crippen LogP contribution in [0.3, 0.4) is 0 Å². The predicted octanol–water partition coefficient (Wildman–Crippen LogP) is 4.82. The predicted molar refractivity (Wildman–Crippen MR) is 154 cm³/mol. The van der Waals surface area contributed by atoms with Gasteiger partial charge in [-0.05, 0) is 66.6 Å². The molecular weight excluding hydrogens is 572 g/mol. The van der Waals surface area contributed by atoms with E-state index < -0.39 is 27.9 Å². The molecule has 0 bridgehead atoms. The Labute approximate surface area is 242 Å². The second-order valence-electron chi connectivity index (χ2n) is 9.94. The molecule has 42 heavy (non-hydrogen) atoms. The Kier molecular flexibility index (Phi) is 9.56. The number of aryl methyl sites for hydroxylation is 1. The van der Waals surface area contributed by atoms with E-state index in [9.17, 15) is 30.3 Å². The number of anilines is 2. The average Bonchev–Trinajstić information content (AvgIpc) is 2.95. The van der Waals surface area contributed by atoms with E-state index in [1.807, 2.05) is 0 Å². The molecule has 4 rings (SSSR count). The molecule has 0 radical (unpaired) electrons. The lowest BCUT2D eigenvalue weighted by Crippen LogP contribution is -2.48. The van der Waals surface area contributed by atoms with Crippen LogP contribution in [0.1, 0.15) is 32.6 Å². The molecule has 12 heteroatoms. The summed E-state index contributed by atoms with van der Waals surface area (Å²) >= 11 is 0. The van der Waals surface area contributed by atoms with Crippen LogP contribution in [0.25, 0.3) is 0 Å². The van der Waals surface area contributed by atoms with Gasteiger partial charge < -0.3 is 15.5 Å². The summed E-state index contributed by atoms with van der Waals surface area (Å²) in [5.41, 5.74) is 1.64. The van der Waals surface area contributed by atoms with Crippen LogP contribution in [-0.4, -0.2) is 58.5 Å². The van der Waals surface area contributed by atoms with Crippen LogP contribution in [0.2, 0.25) is 0 Å². The minimum atomic E-state index is -4.74. The number of hydrogen-bond donors (Lipinski definition) is 2. The number of rotatable bonds is 9. The third kappa shape index (κ3) is 7.88. The van der Waals surface area contributed by atoms with Gasteiger partial charge in [0.05, 0.1) is 10.5 Å². The minimum absolute atomic E-state index is 0.00362. The maximum atomic E-state index is 13.9. The number of alkyl halides is 3. The number of benzene rings is 3. The standard InChI is InChI=1S/C30H30F4N4O3S/c1-3-22-18-23(5-4-21(22)2)29(39)36-25-7-6-24(28(19-25)30(31,32)33)20-35-12-13-37-14-16-38(17-15-37)26-8-10-27(11-9-26)42(34,40)41/h1,4-11,18-19,35H,12-17,20H2,2H3,(H,36,39). The summed E-state index contributed by atoms with van der Waals surface area (Å²) in [6.45, 7) is 5.63. The second-order valence-corrected chi connectivity index (χ2v) is 11.3. The van der Waals surface area contributed by atoms with Crippen molar-refractivity contribution in [2.24, 2.45) is 0 Å². The number of nitrogens with zero attached hydrogens (tertiary/aromatic N) is 2. The zero-order chi connectivity index (χ0) is 30.5. The Hall–Kier alpha value is -3.92. The molecule has 222 valence electrons. The Morgan fingerprint density at radius 1 is 1.00 bits per heavy atom. The van der Waals surface area contributed by atoms with Gasteiger partial charge in [0.1, 0.15) is 0 Å². The summed E-state index contributed by atoms with van der Waals surface area (Å²) in [6.07, 6.45) is 0.839. The number of terminal acetylenes is 1. The van der Waals surface area contributed by atoms with Crippen molar-refractivity contribution in [1.29, 1.82) is 0 Å². The molecule has 0 spiro atoms. The topological polar surface area (TPSA) is 81.8 Å². The molecule has 0 unspecified atom stereocenters. The summed E-state index contributed by atoms with van der Waals surface area (Å²) in [7, 11) is -4.74. The average molecular weight is 603 g/mol. The van der Waals surface area contributed by atoms with Crippen LogP contribution >= 0.6 is 0 Å². The highest BCUT2D eigenvalue weighted by molar-refractivity contribution is 7.86. The molecule has 0 aliphatic carbocycles. The first-order valence-corrected chi connectivity index (χ1v) is 14.5. The van der Waals surface area contributed by atoms with Gasteiger partial charge in [-0.3, -0.25) is 9.69 Å². The van der Waals surface area contributed by atoms with Crippen LogP contribution < -0.4 is 15.5 Å². The molecule has 1 saturated heterocycles. The zero-order valence-corrected chi connectivity index (χ0v) is 23.7. The summed E-state index contributed by atoms with van der Waals surface area (Å²) in [6, 6.07) is 14.1. The van der Waals surface area contributed by atoms with Gasteiger partial charge in [-0.2, -0.15) is 21.6 Å². The lowest BCUT2D eigenvalue weighted by atomic mass is 10.0. The first-order valence-electron chi connectivity index (χ1n) is 13.2. The van der Waals surface area contributed by atoms with Crippen LogP contribution in [-0.2, 0) is 22.9 Å². The fraction of sp³-hybridized carbons (Fsp3) is 0.300. The van der Waals surface area contributed by atoms with Crippen LogP contribution in [0, 0.1) is 19.3 Å². The lowest BCUT2D eigenvalue weighted by Gasteiger charge is -2.36. The maximum Gasteiger partial charge on any atom is 0.416 e. The third-order valence-electron chi connectivity index (χ3n) is 7.10. The van der Waals surface area contributed by atoms with Crippen LogP contribution in [0.5, 0.6) is 0 Å². The lowest BCUT2D eigenvalue weighted by molar-refractivity contribution is -0.138. The van der Waals surface area contributed by atoms with Crippen molar-refractivity contribution < 1.29 is 30.3 Å². The van der Waals surface area contributed by atoms with Gasteiger partial charge in [0.15, 0.2) is 0 Å². The number of halogens is 4. The van der Waals surface area contributed by atoms with E-state index in [0.717, 1.165) is 17.3 Å². The Bertz CT molecular complexity index is 1580. The number of carbonyl (C=O) groups is 1. The first kappa shape index (κ1) is 31.0. The highest BCUT2D eigenvalue weighted by atomic mass is 32.3. The smallest absolute Gasteiger partial charge is 0.369 e. The summed E-state index contributed by atoms with van der Waals surface area (Å²) in [5, 5.41) is 5.60. The Balaban J connectivity index is 1.29. The van der Waals surface area contributed by atoms with E-state index in [4.69, 9.17) is 6.42 Å². The molecule has 0 aromatic heterocycles. The number of carbonyl (C=O) groups excluding carboxylic acids is 1. The fourth-order valence-corrected chi connectivity index (χ4v) is 5.16. The largest absolute Gasteiger partial charge is 0.416 e. The van der Waals surface area contributed by atoms with Crippen molar-refractivity contribution in [3.8, 4) is 12.3 Å². The third-order valence-corrected chi connectivity index (χ3v) is 7.94. The van der Waals surface area contributed by atoms with Gasteiger partial charge in [-0.25, -0.2) is 0 Å². The normalized spacial score (nSPS) is 14.4. The zero-order valence-electron chi connectivity index (χ0n) is 22.8. The molecule has 0 atom stereocenters. The van der Waals surface area contributed by atoms with Crippen molar-refractivity contribution in [3.05, 3.63) is 88.5 Å². The SMILES string of the molecule is C#Cc1cc(C(=O)Nc2ccc(CNCCN3CCN(c4ccc(S(=O)(=O)F)cc4)CC3)c(C(F)(F)F)c2)ccc1C. The molecule has 1 fully saturated rings. The Morgan fingerprint density at radius 2 is 1.69 bits per heavy atom. The molecule has 1 amide bonds. The van der Waals surface area contributed by atoms with Crippen molar-refractivity contribution >= 4 is 27.5 Å². The van der Waals surface area contributed by atoms with Crippen molar-refractivity contribution in [1.82, 2.24) is 10.2 Å². The van der Waals surface area contributed by atoms with E-state index >= 15 is 0 Å². The van der Waals surface area contributed by atoms with Crippen molar-refractivity contribution in [2.45, 2.75) is 24.5 Å². The number of hydrogen-bond acceptors (Lipinski definition) is 6. The van der Waals surface area contributed by atoms with Crippen molar-refractivity contribution in [2.75, 3.05) is 49.5 Å². The van der Waals surface area contributed by atoms with Gasteiger partial charge in [0.2, 0.25) is 0 Å². The maximum absolute atomic E-state index is 13.9. The van der Waals surface area contributed by atoms with E-state index in [2.05, 4.69) is 26.4 Å². The molecule has 7 nitrogen and oxygen atoms in total. The summed E-state index contributed by atoms with van der Waals surface area (Å²) < 4.78 is 76.7. The van der Waals surface area contributed by atoms with E-state index in [1.54, 1.807) is 31.2 Å². The molecule has 3 aromatic rings. The van der Waals surface area contributed by atoms with E-state index in [1.165, 1.54) is 30.3 Å². The number of piperazine rings is 1.